The Morgan fingerprint density at radius 3 is 2.24 bits per heavy atom. The van der Waals surface area contributed by atoms with Crippen LogP contribution in [0.4, 0.5) is 15.8 Å². The fourth-order valence-electron chi connectivity index (χ4n) is 3.00. The number of anilines is 2. The maximum atomic E-state index is 13.0. The molecular weight excluding hydrogens is 447 g/mol. The van der Waals surface area contributed by atoms with Gasteiger partial charge in [0, 0.05) is 29.8 Å². The average molecular weight is 471 g/mol. The number of rotatable bonds is 9. The van der Waals surface area contributed by atoms with E-state index in [0.717, 1.165) is 0 Å². The highest BCUT2D eigenvalue weighted by Crippen LogP contribution is 2.24. The van der Waals surface area contributed by atoms with Crippen LogP contribution in [0.3, 0.4) is 0 Å². The molecule has 2 N–H and O–H groups in total. The van der Waals surface area contributed by atoms with Gasteiger partial charge in [0.15, 0.2) is 5.78 Å². The molecule has 0 fully saturated rings. The Balaban J connectivity index is 1.66. The van der Waals surface area contributed by atoms with Crippen LogP contribution >= 0.6 is 0 Å². The van der Waals surface area contributed by atoms with Gasteiger partial charge in [-0.3, -0.25) is 14.3 Å². The quantitative estimate of drug-likeness (QED) is 0.447. The minimum atomic E-state index is -3.90. The molecule has 3 aromatic carbocycles. The summed E-state index contributed by atoms with van der Waals surface area (Å²) in [5, 5.41) is 2.66. The highest BCUT2D eigenvalue weighted by atomic mass is 32.2. The van der Waals surface area contributed by atoms with Crippen molar-refractivity contribution in [2.45, 2.75) is 24.7 Å². The Morgan fingerprint density at radius 1 is 0.939 bits per heavy atom. The van der Waals surface area contributed by atoms with Crippen LogP contribution in [0.15, 0.2) is 71.6 Å². The van der Waals surface area contributed by atoms with Crippen molar-refractivity contribution in [1.29, 1.82) is 0 Å². The van der Waals surface area contributed by atoms with Gasteiger partial charge >= 0.3 is 0 Å². The second kappa shape index (κ2) is 10.3. The van der Waals surface area contributed by atoms with Crippen LogP contribution in [0.5, 0.6) is 5.75 Å². The van der Waals surface area contributed by atoms with E-state index >= 15 is 0 Å². The molecule has 0 aliphatic carbocycles. The number of sulfonamides is 1. The van der Waals surface area contributed by atoms with Crippen LogP contribution in [0.2, 0.25) is 0 Å². The number of ether oxygens (including phenoxy) is 1. The van der Waals surface area contributed by atoms with Gasteiger partial charge < -0.3 is 10.1 Å². The van der Waals surface area contributed by atoms with Crippen molar-refractivity contribution in [3.63, 3.8) is 0 Å². The number of nitrogens with one attached hydrogen (secondary N) is 2. The van der Waals surface area contributed by atoms with Crippen molar-refractivity contribution in [3.8, 4) is 5.75 Å². The summed E-state index contributed by atoms with van der Waals surface area (Å²) in [7, 11) is -2.39. The molecule has 0 heterocycles. The van der Waals surface area contributed by atoms with E-state index < -0.39 is 21.7 Å². The van der Waals surface area contributed by atoms with Gasteiger partial charge in [0.05, 0.1) is 12.0 Å². The standard InChI is InChI=1S/C24H23FN2O5S/c1-16-3-12-21(33(30,31)27-19-8-10-20(32-2)11-9-19)15-22(16)26-24(29)14-13-23(28)17-4-6-18(25)7-5-17/h3-12,15,27H,13-14H2,1-2H3,(H,26,29). The zero-order chi connectivity index (χ0) is 24.0. The fraction of sp³-hybridized carbons (Fsp3) is 0.167. The maximum absolute atomic E-state index is 13.0. The lowest BCUT2D eigenvalue weighted by atomic mass is 10.1. The van der Waals surface area contributed by atoms with E-state index in [9.17, 15) is 22.4 Å². The van der Waals surface area contributed by atoms with Gasteiger partial charge in [0.25, 0.3) is 10.0 Å². The maximum Gasteiger partial charge on any atom is 0.261 e. The number of benzene rings is 3. The van der Waals surface area contributed by atoms with Gasteiger partial charge in [-0.15, -0.1) is 0 Å². The number of halogens is 1. The Kier molecular flexibility index (Phi) is 7.44. The first-order valence-corrected chi connectivity index (χ1v) is 11.5. The number of aryl methyl sites for hydroxylation is 1. The molecule has 33 heavy (non-hydrogen) atoms. The summed E-state index contributed by atoms with van der Waals surface area (Å²) in [4.78, 5) is 24.5. The number of carbonyl (C=O) groups is 2. The molecule has 0 saturated carbocycles. The summed E-state index contributed by atoms with van der Waals surface area (Å²) in [6, 6.07) is 15.9. The third kappa shape index (κ3) is 6.39. The van der Waals surface area contributed by atoms with Gasteiger partial charge in [0.2, 0.25) is 5.91 Å². The van der Waals surface area contributed by atoms with Gasteiger partial charge in [-0.2, -0.15) is 0 Å². The van der Waals surface area contributed by atoms with Crippen LogP contribution in [0, 0.1) is 12.7 Å². The summed E-state index contributed by atoms with van der Waals surface area (Å²) in [6.45, 7) is 1.73. The van der Waals surface area contributed by atoms with E-state index in [1.54, 1.807) is 37.3 Å². The summed E-state index contributed by atoms with van der Waals surface area (Å²) >= 11 is 0. The van der Waals surface area contributed by atoms with Crippen LogP contribution in [0.25, 0.3) is 0 Å². The number of hydrogen-bond donors (Lipinski definition) is 2. The molecule has 3 aromatic rings. The molecule has 0 radical (unpaired) electrons. The zero-order valence-corrected chi connectivity index (χ0v) is 18.9. The van der Waals surface area contributed by atoms with Crippen molar-refractivity contribution < 1.29 is 27.1 Å². The molecule has 9 heteroatoms. The lowest BCUT2D eigenvalue weighted by Crippen LogP contribution is -2.16. The molecule has 0 aliphatic rings. The Labute approximate surface area is 191 Å². The lowest BCUT2D eigenvalue weighted by molar-refractivity contribution is -0.116. The molecule has 0 aliphatic heterocycles. The molecule has 3 rings (SSSR count). The number of Topliss-reactive ketones (excluding diaryl/α,β-unsaturated/α-hetero) is 1. The zero-order valence-electron chi connectivity index (χ0n) is 18.1. The summed E-state index contributed by atoms with van der Waals surface area (Å²) in [5.41, 5.74) is 1.67. The fourth-order valence-corrected chi connectivity index (χ4v) is 4.08. The molecule has 0 bridgehead atoms. The lowest BCUT2D eigenvalue weighted by Gasteiger charge is -2.13. The molecule has 0 atom stereocenters. The van der Waals surface area contributed by atoms with E-state index in [1.807, 2.05) is 0 Å². The largest absolute Gasteiger partial charge is 0.497 e. The van der Waals surface area contributed by atoms with E-state index in [4.69, 9.17) is 4.74 Å². The normalized spacial score (nSPS) is 11.0. The molecular formula is C24H23FN2O5S. The number of hydrogen-bond acceptors (Lipinski definition) is 5. The molecule has 0 unspecified atom stereocenters. The highest BCUT2D eigenvalue weighted by Gasteiger charge is 2.17. The SMILES string of the molecule is COc1ccc(NS(=O)(=O)c2ccc(C)c(NC(=O)CCC(=O)c3ccc(F)cc3)c2)cc1. The second-order valence-electron chi connectivity index (χ2n) is 7.29. The predicted octanol–water partition coefficient (Wildman–Crippen LogP) is 4.55. The van der Waals surface area contributed by atoms with Crippen LogP contribution in [-0.4, -0.2) is 27.2 Å². The third-order valence-electron chi connectivity index (χ3n) is 4.88. The molecule has 1 amide bonds. The summed E-state index contributed by atoms with van der Waals surface area (Å²) in [6.07, 6.45) is -0.162. The van der Waals surface area contributed by atoms with Crippen molar-refractivity contribution >= 4 is 33.1 Å². The van der Waals surface area contributed by atoms with Crippen molar-refractivity contribution in [1.82, 2.24) is 0 Å². The van der Waals surface area contributed by atoms with Crippen molar-refractivity contribution in [3.05, 3.63) is 83.7 Å². The first-order chi connectivity index (χ1) is 15.7. The number of amides is 1. The van der Waals surface area contributed by atoms with E-state index in [-0.39, 0.29) is 23.5 Å². The molecule has 0 spiro atoms. The summed E-state index contributed by atoms with van der Waals surface area (Å²) in [5.74, 6) is -0.583. The smallest absolute Gasteiger partial charge is 0.261 e. The third-order valence-corrected chi connectivity index (χ3v) is 6.26. The minimum Gasteiger partial charge on any atom is -0.497 e. The molecule has 0 saturated heterocycles. The monoisotopic (exact) mass is 470 g/mol. The highest BCUT2D eigenvalue weighted by molar-refractivity contribution is 7.92. The van der Waals surface area contributed by atoms with Crippen molar-refractivity contribution in [2.24, 2.45) is 0 Å². The van der Waals surface area contributed by atoms with E-state index in [0.29, 0.717) is 28.3 Å². The molecule has 7 nitrogen and oxygen atoms in total. The van der Waals surface area contributed by atoms with Gasteiger partial charge in [0.1, 0.15) is 11.6 Å². The Morgan fingerprint density at radius 2 is 1.61 bits per heavy atom. The number of ketones is 1. The van der Waals surface area contributed by atoms with Gasteiger partial charge in [-0.25, -0.2) is 12.8 Å². The van der Waals surface area contributed by atoms with Crippen LogP contribution < -0.4 is 14.8 Å². The average Bonchev–Trinajstić information content (AvgIpc) is 2.79. The van der Waals surface area contributed by atoms with Gasteiger partial charge in [-0.05, 0) is 73.2 Å². The van der Waals surface area contributed by atoms with E-state index in [2.05, 4.69) is 10.0 Å². The Bertz CT molecular complexity index is 1260. The van der Waals surface area contributed by atoms with E-state index in [1.165, 1.54) is 43.5 Å². The predicted molar refractivity (Wildman–Crippen MR) is 124 cm³/mol. The number of methoxy groups -OCH3 is 1. The summed E-state index contributed by atoms with van der Waals surface area (Å²) < 4.78 is 46.1. The molecule has 172 valence electrons. The second-order valence-corrected chi connectivity index (χ2v) is 8.97. The first-order valence-electron chi connectivity index (χ1n) is 10.0. The first kappa shape index (κ1) is 23.9. The Hall–Kier alpha value is -3.72. The number of carbonyl (C=O) groups excluding carboxylic acids is 2. The van der Waals surface area contributed by atoms with Crippen LogP contribution in [-0.2, 0) is 14.8 Å². The van der Waals surface area contributed by atoms with Gasteiger partial charge in [-0.1, -0.05) is 6.07 Å². The minimum absolute atomic E-state index is 0.0263. The topological polar surface area (TPSA) is 102 Å². The molecule has 0 aromatic heterocycles. The van der Waals surface area contributed by atoms with Crippen molar-refractivity contribution in [2.75, 3.05) is 17.1 Å². The van der Waals surface area contributed by atoms with Crippen LogP contribution in [0.1, 0.15) is 28.8 Å².